The maximum absolute atomic E-state index is 12.9. The first-order chi connectivity index (χ1) is 14.9. The number of anilines is 1. The minimum Gasteiger partial charge on any atom is -0.355 e. The molecule has 3 aliphatic rings. The van der Waals surface area contributed by atoms with Gasteiger partial charge in [0.15, 0.2) is 11.5 Å². The van der Waals surface area contributed by atoms with E-state index >= 15 is 0 Å². The van der Waals surface area contributed by atoms with Gasteiger partial charge in [-0.15, -0.1) is 10.2 Å². The summed E-state index contributed by atoms with van der Waals surface area (Å²) in [5, 5.41) is 8.24. The van der Waals surface area contributed by atoms with Crippen molar-refractivity contribution in [2.75, 3.05) is 31.1 Å². The molecular weight excluding hydrogens is 405 g/mol. The number of benzene rings is 1. The number of nitrogens with zero attached hydrogens (tertiary/aromatic N) is 4. The highest BCUT2D eigenvalue weighted by Gasteiger charge is 2.45. The van der Waals surface area contributed by atoms with Gasteiger partial charge in [0.05, 0.1) is 5.92 Å². The van der Waals surface area contributed by atoms with Crippen LogP contribution in [0.15, 0.2) is 42.5 Å². The second-order valence-corrected chi connectivity index (χ2v) is 8.62. The Morgan fingerprint density at radius 2 is 1.81 bits per heavy atom. The third-order valence-electron chi connectivity index (χ3n) is 6.87. The first-order valence-electron chi connectivity index (χ1n) is 10.6. The van der Waals surface area contributed by atoms with E-state index in [-0.39, 0.29) is 30.6 Å². The van der Waals surface area contributed by atoms with Gasteiger partial charge in [-0.05, 0) is 42.5 Å². The summed E-state index contributed by atoms with van der Waals surface area (Å²) < 4.78 is 38.6. The van der Waals surface area contributed by atoms with Crippen LogP contribution in [0.5, 0.6) is 0 Å². The Bertz CT molecular complexity index is 1010. The molecule has 1 amide bonds. The lowest BCUT2D eigenvalue weighted by Crippen LogP contribution is -2.41. The number of alkyl halides is 3. The molecule has 3 heterocycles. The zero-order chi connectivity index (χ0) is 21.6. The second-order valence-electron chi connectivity index (χ2n) is 8.62. The molecule has 2 fully saturated rings. The minimum atomic E-state index is -4.27. The lowest BCUT2D eigenvalue weighted by atomic mass is 9.74. The van der Waals surface area contributed by atoms with Gasteiger partial charge in [0, 0.05) is 31.6 Å². The van der Waals surface area contributed by atoms with E-state index in [0.717, 1.165) is 25.9 Å². The van der Waals surface area contributed by atoms with Gasteiger partial charge in [0.2, 0.25) is 0 Å². The summed E-state index contributed by atoms with van der Waals surface area (Å²) in [6.45, 7) is 1.42. The fraction of sp³-hybridized carbons (Fsp3) is 0.435. The molecule has 0 radical (unpaired) electrons. The summed E-state index contributed by atoms with van der Waals surface area (Å²) >= 11 is 0. The highest BCUT2D eigenvalue weighted by Crippen LogP contribution is 2.44. The average Bonchev–Trinajstić information content (AvgIpc) is 3.41. The molecule has 162 valence electrons. The van der Waals surface area contributed by atoms with Crippen molar-refractivity contribution in [1.82, 2.24) is 15.1 Å². The topological polar surface area (TPSA) is 49.3 Å². The monoisotopic (exact) mass is 428 g/mol. The summed E-state index contributed by atoms with van der Waals surface area (Å²) in [4.78, 5) is 15.9. The van der Waals surface area contributed by atoms with Crippen LogP contribution in [0, 0.1) is 5.92 Å². The number of amides is 1. The molecule has 1 atom stereocenters. The van der Waals surface area contributed by atoms with Crippen molar-refractivity contribution in [3.63, 3.8) is 0 Å². The van der Waals surface area contributed by atoms with Gasteiger partial charge < -0.3 is 9.80 Å². The summed E-state index contributed by atoms with van der Waals surface area (Å²) in [5.41, 5.74) is 2.83. The fourth-order valence-corrected chi connectivity index (χ4v) is 4.99. The Hall–Kier alpha value is -2.90. The fourth-order valence-electron chi connectivity index (χ4n) is 4.99. The lowest BCUT2D eigenvalue weighted by Gasteiger charge is -2.39. The molecule has 8 heteroatoms. The van der Waals surface area contributed by atoms with Gasteiger partial charge in [0.1, 0.15) is 0 Å². The number of piperidine rings is 1. The average molecular weight is 428 g/mol. The summed E-state index contributed by atoms with van der Waals surface area (Å²) in [7, 11) is 0. The quantitative estimate of drug-likeness (QED) is 0.724. The molecule has 2 aromatic rings. The number of hydrogen-bond donors (Lipinski definition) is 0. The zero-order valence-electron chi connectivity index (χ0n) is 17.0. The second kappa shape index (κ2) is 7.35. The van der Waals surface area contributed by atoms with Crippen LogP contribution in [-0.4, -0.2) is 53.4 Å². The van der Waals surface area contributed by atoms with E-state index < -0.39 is 18.0 Å². The number of rotatable bonds is 2. The van der Waals surface area contributed by atoms with Crippen molar-refractivity contribution in [1.29, 1.82) is 0 Å². The summed E-state index contributed by atoms with van der Waals surface area (Å²) in [5.74, 6) is -1.26. The SMILES string of the molecule is O=C(c1ccc(N2CCC3(C=Cc4ccccc43)CC2)nn1)N1CCC(C(F)(F)F)C1. The van der Waals surface area contributed by atoms with Crippen LogP contribution in [0.3, 0.4) is 0 Å². The third kappa shape index (κ3) is 3.58. The van der Waals surface area contributed by atoms with Crippen LogP contribution in [-0.2, 0) is 5.41 Å². The minimum absolute atomic E-state index is 0.0617. The van der Waals surface area contributed by atoms with Crippen molar-refractivity contribution >= 4 is 17.8 Å². The number of hydrogen-bond acceptors (Lipinski definition) is 4. The van der Waals surface area contributed by atoms with Gasteiger partial charge in [-0.3, -0.25) is 4.79 Å². The molecule has 0 saturated carbocycles. The Morgan fingerprint density at radius 3 is 2.48 bits per heavy atom. The molecule has 1 spiro atoms. The largest absolute Gasteiger partial charge is 0.393 e. The van der Waals surface area contributed by atoms with Crippen molar-refractivity contribution in [3.8, 4) is 0 Å². The van der Waals surface area contributed by atoms with Gasteiger partial charge in [0.25, 0.3) is 5.91 Å². The van der Waals surface area contributed by atoms with Gasteiger partial charge >= 0.3 is 6.18 Å². The molecule has 1 unspecified atom stereocenters. The molecule has 0 bridgehead atoms. The molecule has 2 aliphatic heterocycles. The number of allylic oxidation sites excluding steroid dienone is 1. The van der Waals surface area contributed by atoms with Crippen LogP contribution in [0.25, 0.3) is 6.08 Å². The number of aromatic nitrogens is 2. The highest BCUT2D eigenvalue weighted by atomic mass is 19.4. The number of carbonyl (C=O) groups excluding carboxylic acids is 1. The van der Waals surface area contributed by atoms with E-state index in [1.54, 1.807) is 12.1 Å². The third-order valence-corrected chi connectivity index (χ3v) is 6.87. The summed E-state index contributed by atoms with van der Waals surface area (Å²) in [6, 6.07) is 11.8. The van der Waals surface area contributed by atoms with Crippen LogP contribution in [0.1, 0.15) is 40.9 Å². The predicted molar refractivity (Wildman–Crippen MR) is 111 cm³/mol. The van der Waals surface area contributed by atoms with Crippen LogP contribution in [0.2, 0.25) is 0 Å². The Balaban J connectivity index is 1.23. The zero-order valence-corrected chi connectivity index (χ0v) is 17.0. The van der Waals surface area contributed by atoms with E-state index in [4.69, 9.17) is 0 Å². The predicted octanol–water partition coefficient (Wildman–Crippen LogP) is 4.07. The van der Waals surface area contributed by atoms with Crippen LogP contribution >= 0.6 is 0 Å². The molecule has 5 rings (SSSR count). The van der Waals surface area contributed by atoms with Gasteiger partial charge in [-0.1, -0.05) is 36.4 Å². The van der Waals surface area contributed by atoms with Crippen molar-refractivity contribution in [2.24, 2.45) is 5.92 Å². The Morgan fingerprint density at radius 1 is 1.03 bits per heavy atom. The van der Waals surface area contributed by atoms with Crippen LogP contribution < -0.4 is 4.90 Å². The lowest BCUT2D eigenvalue weighted by molar-refractivity contribution is -0.169. The highest BCUT2D eigenvalue weighted by molar-refractivity contribution is 5.92. The van der Waals surface area contributed by atoms with E-state index in [1.807, 2.05) is 0 Å². The Kier molecular flexibility index (Phi) is 4.75. The smallest absolute Gasteiger partial charge is 0.355 e. The van der Waals surface area contributed by atoms with E-state index in [0.29, 0.717) is 5.82 Å². The molecule has 5 nitrogen and oxygen atoms in total. The van der Waals surface area contributed by atoms with Crippen molar-refractivity contribution in [3.05, 3.63) is 59.3 Å². The van der Waals surface area contributed by atoms with Crippen molar-refractivity contribution in [2.45, 2.75) is 30.9 Å². The number of carbonyl (C=O) groups is 1. The summed E-state index contributed by atoms with van der Waals surface area (Å²) in [6.07, 6.45) is 2.11. The molecule has 1 aromatic carbocycles. The van der Waals surface area contributed by atoms with E-state index in [9.17, 15) is 18.0 Å². The molecule has 2 saturated heterocycles. The molecule has 31 heavy (non-hydrogen) atoms. The van der Waals surface area contributed by atoms with E-state index in [2.05, 4.69) is 51.5 Å². The molecule has 0 N–H and O–H groups in total. The number of halogens is 3. The molecular formula is C23H23F3N4O. The van der Waals surface area contributed by atoms with Crippen molar-refractivity contribution < 1.29 is 18.0 Å². The van der Waals surface area contributed by atoms with Gasteiger partial charge in [-0.2, -0.15) is 13.2 Å². The number of fused-ring (bicyclic) bond motifs is 2. The molecule has 1 aliphatic carbocycles. The normalized spacial score (nSPS) is 22.2. The van der Waals surface area contributed by atoms with Gasteiger partial charge in [-0.25, -0.2) is 0 Å². The molecule has 1 aromatic heterocycles. The number of likely N-dealkylation sites (tertiary alicyclic amines) is 1. The maximum atomic E-state index is 12.9. The first-order valence-corrected chi connectivity index (χ1v) is 10.6. The first kappa shape index (κ1) is 20.0. The van der Waals surface area contributed by atoms with Crippen LogP contribution in [0.4, 0.5) is 19.0 Å². The standard InChI is InChI=1S/C23H23F3N4O/c24-23(25,26)17-8-12-30(15-17)21(31)19-5-6-20(28-27-19)29-13-10-22(11-14-29)9-7-16-3-1-2-4-18(16)22/h1-7,9,17H,8,10-15H2. The maximum Gasteiger partial charge on any atom is 0.393 e. The van der Waals surface area contributed by atoms with E-state index in [1.165, 1.54) is 16.0 Å². The Labute approximate surface area is 178 Å².